The summed E-state index contributed by atoms with van der Waals surface area (Å²) < 4.78 is 13.1. The quantitative estimate of drug-likeness (QED) is 0.484. The number of alkyl carbamates (subject to hydrolysis) is 1. The summed E-state index contributed by atoms with van der Waals surface area (Å²) in [4.78, 5) is 24.0. The van der Waals surface area contributed by atoms with E-state index in [0.29, 0.717) is 6.42 Å². The van der Waals surface area contributed by atoms with E-state index in [9.17, 15) is 9.59 Å². The first-order valence-corrected chi connectivity index (χ1v) is 13.2. The van der Waals surface area contributed by atoms with Gasteiger partial charge in [0.05, 0.1) is 12.1 Å². The summed E-state index contributed by atoms with van der Waals surface area (Å²) in [6.45, 7) is 12.4. The molecule has 0 saturated carbocycles. The fourth-order valence-corrected chi connectivity index (χ4v) is 9.91. The standard InChI is InChI=1S/C26H35NO4Si/c1-7-22(26(6)23(19(2)18-28)27-24(29)30-26)31-32(25(3,4)5,20-14-10-8-11-15-20)21-16-12-9-13-17-21/h8-19,22-23H,7H2,1-6H3,(H,27,29)/t19?,22-,23-,26-/m1/s1. The van der Waals surface area contributed by atoms with Gasteiger partial charge in [-0.2, -0.15) is 0 Å². The lowest BCUT2D eigenvalue weighted by Crippen LogP contribution is -2.70. The van der Waals surface area contributed by atoms with Crippen molar-refractivity contribution in [2.24, 2.45) is 5.92 Å². The first kappa shape index (κ1) is 24.2. The number of benzene rings is 2. The molecule has 1 N–H and O–H groups in total. The van der Waals surface area contributed by atoms with Crippen molar-refractivity contribution in [3.63, 3.8) is 0 Å². The van der Waals surface area contributed by atoms with Crippen molar-refractivity contribution >= 4 is 31.1 Å². The molecule has 2 aromatic carbocycles. The summed E-state index contributed by atoms with van der Waals surface area (Å²) in [5.74, 6) is -0.400. The van der Waals surface area contributed by atoms with Gasteiger partial charge in [-0.1, -0.05) is 95.3 Å². The highest BCUT2D eigenvalue weighted by molar-refractivity contribution is 6.99. The van der Waals surface area contributed by atoms with Crippen molar-refractivity contribution in [3.05, 3.63) is 60.7 Å². The Bertz CT molecular complexity index is 888. The summed E-state index contributed by atoms with van der Waals surface area (Å²) in [6, 6.07) is 20.3. The first-order chi connectivity index (χ1) is 15.1. The van der Waals surface area contributed by atoms with Crippen LogP contribution < -0.4 is 15.7 Å². The molecule has 6 heteroatoms. The molecule has 0 aromatic heterocycles. The molecule has 1 unspecified atom stereocenters. The predicted molar refractivity (Wildman–Crippen MR) is 130 cm³/mol. The van der Waals surface area contributed by atoms with Crippen LogP contribution in [0.5, 0.6) is 0 Å². The zero-order valence-corrected chi connectivity index (χ0v) is 20.9. The van der Waals surface area contributed by atoms with Crippen LogP contribution >= 0.6 is 0 Å². The minimum atomic E-state index is -2.85. The molecule has 5 nitrogen and oxygen atoms in total. The van der Waals surface area contributed by atoms with Crippen LogP contribution in [0.1, 0.15) is 48.0 Å². The molecule has 4 atom stereocenters. The van der Waals surface area contributed by atoms with Crippen LogP contribution in [-0.2, 0) is 14.0 Å². The van der Waals surface area contributed by atoms with Gasteiger partial charge in [0.25, 0.3) is 8.32 Å². The van der Waals surface area contributed by atoms with E-state index >= 15 is 0 Å². The number of hydrogen-bond donors (Lipinski definition) is 1. The Kier molecular flexibility index (Phi) is 6.96. The summed E-state index contributed by atoms with van der Waals surface area (Å²) in [6.07, 6.45) is 0.599. The Hall–Kier alpha value is -2.44. The minimum Gasteiger partial charge on any atom is -0.438 e. The lowest BCUT2D eigenvalue weighted by atomic mass is 9.83. The molecule has 2 aromatic rings. The van der Waals surface area contributed by atoms with E-state index in [-0.39, 0.29) is 5.04 Å². The zero-order chi connectivity index (χ0) is 23.6. The molecule has 1 amide bonds. The second-order valence-electron chi connectivity index (χ2n) is 9.87. The summed E-state index contributed by atoms with van der Waals surface area (Å²) >= 11 is 0. The Morgan fingerprint density at radius 2 is 1.59 bits per heavy atom. The molecular weight excluding hydrogens is 418 g/mol. The Labute approximate surface area is 192 Å². The summed E-state index contributed by atoms with van der Waals surface area (Å²) in [7, 11) is -2.85. The van der Waals surface area contributed by atoms with Gasteiger partial charge in [0.2, 0.25) is 0 Å². The fraction of sp³-hybridized carbons (Fsp3) is 0.462. The number of nitrogens with one attached hydrogen (secondary N) is 1. The Balaban J connectivity index is 2.20. The maximum atomic E-state index is 12.3. The molecule has 0 spiro atoms. The van der Waals surface area contributed by atoms with Crippen molar-refractivity contribution in [1.82, 2.24) is 5.32 Å². The molecule has 0 radical (unpaired) electrons. The van der Waals surface area contributed by atoms with Gasteiger partial charge in [-0.15, -0.1) is 0 Å². The topological polar surface area (TPSA) is 64.6 Å². The van der Waals surface area contributed by atoms with Gasteiger partial charge in [-0.05, 0) is 28.8 Å². The molecular formula is C26H35NO4Si. The van der Waals surface area contributed by atoms with Gasteiger partial charge in [-0.3, -0.25) is 0 Å². The molecule has 172 valence electrons. The fourth-order valence-electron chi connectivity index (χ4n) is 5.07. The second-order valence-corrected chi connectivity index (χ2v) is 14.1. The molecule has 1 heterocycles. The van der Waals surface area contributed by atoms with Crippen molar-refractivity contribution in [1.29, 1.82) is 0 Å². The normalized spacial score (nSPS) is 23.2. The van der Waals surface area contributed by atoms with Crippen LogP contribution in [0.25, 0.3) is 0 Å². The van der Waals surface area contributed by atoms with Crippen molar-refractivity contribution in [3.8, 4) is 0 Å². The maximum absolute atomic E-state index is 12.3. The van der Waals surface area contributed by atoms with E-state index in [1.165, 1.54) is 0 Å². The molecule has 1 fully saturated rings. The van der Waals surface area contributed by atoms with Gasteiger partial charge in [0.1, 0.15) is 6.29 Å². The first-order valence-electron chi connectivity index (χ1n) is 11.3. The number of carbonyl (C=O) groups excluding carboxylic acids is 2. The van der Waals surface area contributed by atoms with Gasteiger partial charge >= 0.3 is 6.09 Å². The smallest absolute Gasteiger partial charge is 0.408 e. The average Bonchev–Trinajstić information content (AvgIpc) is 3.09. The van der Waals surface area contributed by atoms with E-state index in [4.69, 9.17) is 9.16 Å². The molecule has 32 heavy (non-hydrogen) atoms. The number of carbonyl (C=O) groups is 2. The van der Waals surface area contributed by atoms with Crippen LogP contribution in [0, 0.1) is 5.92 Å². The van der Waals surface area contributed by atoms with Crippen LogP contribution in [-0.4, -0.2) is 38.4 Å². The van der Waals surface area contributed by atoms with Crippen LogP contribution in [0.2, 0.25) is 5.04 Å². The molecule has 1 aliphatic rings. The van der Waals surface area contributed by atoms with Gasteiger partial charge in [0, 0.05) is 5.92 Å². The summed E-state index contributed by atoms with van der Waals surface area (Å²) in [5.41, 5.74) is -0.973. The van der Waals surface area contributed by atoms with E-state index < -0.39 is 38.1 Å². The molecule has 1 saturated heterocycles. The zero-order valence-electron chi connectivity index (χ0n) is 19.9. The SMILES string of the molecule is CC[C@@H](O[Si](c1ccccc1)(c1ccccc1)C(C)(C)C)[C@@]1(C)OC(=O)N[C@@H]1C(C)C=O. The van der Waals surface area contributed by atoms with Crippen molar-refractivity contribution in [2.45, 2.75) is 70.7 Å². The minimum absolute atomic E-state index is 0.207. The number of aldehydes is 1. The van der Waals surface area contributed by atoms with Crippen molar-refractivity contribution < 1.29 is 18.8 Å². The third kappa shape index (κ3) is 4.14. The second kappa shape index (κ2) is 9.20. The third-order valence-electron chi connectivity index (χ3n) is 6.69. The largest absolute Gasteiger partial charge is 0.438 e. The Morgan fingerprint density at radius 1 is 1.09 bits per heavy atom. The van der Waals surface area contributed by atoms with E-state index in [0.717, 1.165) is 16.7 Å². The number of hydrogen-bond acceptors (Lipinski definition) is 4. The van der Waals surface area contributed by atoms with Crippen LogP contribution in [0.4, 0.5) is 4.79 Å². The highest BCUT2D eigenvalue weighted by Gasteiger charge is 2.58. The summed E-state index contributed by atoms with van der Waals surface area (Å²) in [5, 5.41) is 4.98. The van der Waals surface area contributed by atoms with Crippen LogP contribution in [0.15, 0.2) is 60.7 Å². The molecule has 0 bridgehead atoms. The van der Waals surface area contributed by atoms with Gasteiger partial charge < -0.3 is 19.3 Å². The lowest BCUT2D eigenvalue weighted by Gasteiger charge is -2.48. The monoisotopic (exact) mass is 453 g/mol. The molecule has 3 rings (SSSR count). The molecule has 0 aliphatic carbocycles. The lowest BCUT2D eigenvalue weighted by molar-refractivity contribution is -0.114. The van der Waals surface area contributed by atoms with Crippen molar-refractivity contribution in [2.75, 3.05) is 0 Å². The van der Waals surface area contributed by atoms with E-state index in [1.807, 2.05) is 50.2 Å². The van der Waals surface area contributed by atoms with Gasteiger partial charge in [0.15, 0.2) is 5.60 Å². The highest BCUT2D eigenvalue weighted by atomic mass is 28.4. The van der Waals surface area contributed by atoms with E-state index in [2.05, 4.69) is 50.4 Å². The molecule has 1 aliphatic heterocycles. The van der Waals surface area contributed by atoms with Crippen LogP contribution in [0.3, 0.4) is 0 Å². The average molecular weight is 454 g/mol. The maximum Gasteiger partial charge on any atom is 0.408 e. The number of rotatable bonds is 8. The predicted octanol–water partition coefficient (Wildman–Crippen LogP) is 4.04. The van der Waals surface area contributed by atoms with Gasteiger partial charge in [-0.25, -0.2) is 4.79 Å². The Morgan fingerprint density at radius 3 is 2.00 bits per heavy atom. The van der Waals surface area contributed by atoms with E-state index in [1.54, 1.807) is 6.92 Å². The number of ether oxygens (including phenoxy) is 1. The number of amides is 1. The number of cyclic esters (lactones) is 1. The third-order valence-corrected chi connectivity index (χ3v) is 11.7. The highest BCUT2D eigenvalue weighted by Crippen LogP contribution is 2.41.